The van der Waals surface area contributed by atoms with Gasteiger partial charge in [0.1, 0.15) is 30.3 Å². The molecule has 0 aromatic carbocycles. The predicted molar refractivity (Wildman–Crippen MR) is 70.9 cm³/mol. The number of rotatable bonds is 3. The number of aromatic nitrogens is 4. The summed E-state index contributed by atoms with van der Waals surface area (Å²) in [6.07, 6.45) is 1.78. The average Bonchev–Trinajstić information content (AvgIpc) is 3.02. The van der Waals surface area contributed by atoms with Crippen LogP contribution in [0.5, 0.6) is 0 Å². The number of ether oxygens (including phenoxy) is 2. The van der Waals surface area contributed by atoms with Crippen LogP contribution in [0, 0.1) is 0 Å². The van der Waals surface area contributed by atoms with E-state index in [1.54, 1.807) is 10.9 Å². The number of nitrogen functional groups attached to an aromatic ring is 1. The Labute approximate surface area is 119 Å². The molecule has 21 heavy (non-hydrogen) atoms. The number of nitrogens with zero attached hydrogens (tertiary/aromatic N) is 4. The Morgan fingerprint density at radius 2 is 2.38 bits per heavy atom. The standard InChI is InChI=1S/C12H15N5O4/c1-6(19)20-7-2-9(21-8(7)3-18)17-5-16-10-11(13)14-4-15-12(10)17/h4-5,7-9,18H,2-3H2,1H3,(H2,13,14,15)/t7-,8+,9+/m0/s1. The summed E-state index contributed by atoms with van der Waals surface area (Å²) < 4.78 is 12.6. The van der Waals surface area contributed by atoms with Gasteiger partial charge in [-0.3, -0.25) is 9.36 Å². The lowest BCUT2D eigenvalue weighted by atomic mass is 10.2. The third-order valence-electron chi connectivity index (χ3n) is 3.38. The summed E-state index contributed by atoms with van der Waals surface area (Å²) in [5.74, 6) is -0.128. The molecule has 9 nitrogen and oxygen atoms in total. The molecule has 9 heteroatoms. The molecule has 0 aliphatic carbocycles. The monoisotopic (exact) mass is 293 g/mol. The number of fused-ring (bicyclic) bond motifs is 1. The maximum absolute atomic E-state index is 11.1. The first-order valence-electron chi connectivity index (χ1n) is 6.46. The Hall–Kier alpha value is -2.26. The quantitative estimate of drug-likeness (QED) is 0.733. The van der Waals surface area contributed by atoms with Gasteiger partial charge in [-0.15, -0.1) is 0 Å². The normalized spacial score (nSPS) is 25.3. The largest absolute Gasteiger partial charge is 0.460 e. The first-order chi connectivity index (χ1) is 10.1. The van der Waals surface area contributed by atoms with Crippen LogP contribution in [0.25, 0.3) is 11.2 Å². The molecule has 0 unspecified atom stereocenters. The van der Waals surface area contributed by atoms with Crippen LogP contribution in [0.15, 0.2) is 12.7 Å². The summed E-state index contributed by atoms with van der Waals surface area (Å²) in [4.78, 5) is 23.3. The highest BCUT2D eigenvalue weighted by atomic mass is 16.6. The molecule has 2 aromatic rings. The van der Waals surface area contributed by atoms with Crippen molar-refractivity contribution in [3.05, 3.63) is 12.7 Å². The summed E-state index contributed by atoms with van der Waals surface area (Å²) >= 11 is 0. The molecule has 1 fully saturated rings. The van der Waals surface area contributed by atoms with Gasteiger partial charge in [0.2, 0.25) is 0 Å². The van der Waals surface area contributed by atoms with Crippen LogP contribution in [-0.4, -0.2) is 49.4 Å². The number of aliphatic hydroxyl groups is 1. The van der Waals surface area contributed by atoms with Crippen LogP contribution in [0.2, 0.25) is 0 Å². The van der Waals surface area contributed by atoms with E-state index >= 15 is 0 Å². The number of carbonyl (C=O) groups excluding carboxylic acids is 1. The van der Waals surface area contributed by atoms with Gasteiger partial charge < -0.3 is 20.3 Å². The van der Waals surface area contributed by atoms with Crippen molar-refractivity contribution in [2.75, 3.05) is 12.3 Å². The Kier molecular flexibility index (Phi) is 3.43. The van der Waals surface area contributed by atoms with Gasteiger partial charge in [0.05, 0.1) is 12.9 Å². The maximum atomic E-state index is 11.1. The van der Waals surface area contributed by atoms with Crippen molar-refractivity contribution in [2.24, 2.45) is 0 Å². The molecule has 0 radical (unpaired) electrons. The fourth-order valence-electron chi connectivity index (χ4n) is 2.45. The molecular weight excluding hydrogens is 278 g/mol. The molecule has 2 aromatic heterocycles. The van der Waals surface area contributed by atoms with Crippen LogP contribution in [0.3, 0.4) is 0 Å². The lowest BCUT2D eigenvalue weighted by Crippen LogP contribution is -2.29. The lowest BCUT2D eigenvalue weighted by molar-refractivity contribution is -0.150. The minimum atomic E-state index is -0.574. The van der Waals surface area contributed by atoms with Crippen molar-refractivity contribution >= 4 is 23.0 Å². The topological polar surface area (TPSA) is 125 Å². The zero-order chi connectivity index (χ0) is 15.0. The second-order valence-electron chi connectivity index (χ2n) is 4.78. The van der Waals surface area contributed by atoms with Crippen LogP contribution in [-0.2, 0) is 14.3 Å². The Morgan fingerprint density at radius 3 is 3.10 bits per heavy atom. The van der Waals surface area contributed by atoms with Crippen molar-refractivity contribution in [1.29, 1.82) is 0 Å². The van der Waals surface area contributed by atoms with E-state index in [4.69, 9.17) is 15.2 Å². The molecule has 3 N–H and O–H groups in total. The molecule has 1 aliphatic rings. The number of hydrogen-bond donors (Lipinski definition) is 2. The van der Waals surface area contributed by atoms with Crippen molar-refractivity contribution in [3.8, 4) is 0 Å². The van der Waals surface area contributed by atoms with Gasteiger partial charge in [-0.2, -0.15) is 0 Å². The Bertz CT molecular complexity index is 673. The zero-order valence-electron chi connectivity index (χ0n) is 11.3. The van der Waals surface area contributed by atoms with E-state index in [2.05, 4.69) is 15.0 Å². The molecule has 112 valence electrons. The van der Waals surface area contributed by atoms with Crippen LogP contribution in [0.4, 0.5) is 5.82 Å². The molecule has 0 spiro atoms. The van der Waals surface area contributed by atoms with E-state index < -0.39 is 24.4 Å². The molecular formula is C12H15N5O4. The second-order valence-corrected chi connectivity index (χ2v) is 4.78. The van der Waals surface area contributed by atoms with Gasteiger partial charge in [0, 0.05) is 13.3 Å². The van der Waals surface area contributed by atoms with Gasteiger partial charge in [-0.1, -0.05) is 0 Å². The van der Waals surface area contributed by atoms with E-state index in [0.29, 0.717) is 17.6 Å². The van der Waals surface area contributed by atoms with Gasteiger partial charge in [0.15, 0.2) is 11.5 Å². The number of aliphatic hydroxyl groups excluding tert-OH is 1. The predicted octanol–water partition coefficient (Wildman–Crippen LogP) is -0.380. The summed E-state index contributed by atoms with van der Waals surface area (Å²) in [5, 5.41) is 9.34. The first-order valence-corrected chi connectivity index (χ1v) is 6.46. The van der Waals surface area contributed by atoms with Gasteiger partial charge in [-0.05, 0) is 0 Å². The molecule has 1 aliphatic heterocycles. The zero-order valence-corrected chi connectivity index (χ0v) is 11.3. The molecule has 3 atom stereocenters. The van der Waals surface area contributed by atoms with Crippen molar-refractivity contribution in [3.63, 3.8) is 0 Å². The number of carbonyl (C=O) groups is 1. The summed E-state index contributed by atoms with van der Waals surface area (Å²) in [6, 6.07) is 0. The van der Waals surface area contributed by atoms with E-state index in [-0.39, 0.29) is 12.4 Å². The fraction of sp³-hybridized carbons (Fsp3) is 0.500. The average molecular weight is 293 g/mol. The fourth-order valence-corrected chi connectivity index (χ4v) is 2.45. The minimum Gasteiger partial charge on any atom is -0.460 e. The van der Waals surface area contributed by atoms with Crippen LogP contribution >= 0.6 is 0 Å². The smallest absolute Gasteiger partial charge is 0.302 e. The molecule has 0 saturated carbocycles. The van der Waals surface area contributed by atoms with E-state index in [9.17, 15) is 9.90 Å². The molecule has 0 amide bonds. The molecule has 0 bridgehead atoms. The maximum Gasteiger partial charge on any atom is 0.302 e. The SMILES string of the molecule is CC(=O)O[C@H]1C[C@H](n2cnc3c(N)ncnc32)O[C@@H]1CO. The summed E-state index contributed by atoms with van der Waals surface area (Å²) in [5.41, 5.74) is 6.76. The highest BCUT2D eigenvalue weighted by Crippen LogP contribution is 2.32. The van der Waals surface area contributed by atoms with Crippen molar-refractivity contribution in [2.45, 2.75) is 31.8 Å². The third-order valence-corrected chi connectivity index (χ3v) is 3.38. The van der Waals surface area contributed by atoms with Gasteiger partial charge >= 0.3 is 5.97 Å². The molecule has 3 heterocycles. The van der Waals surface area contributed by atoms with Gasteiger partial charge in [0.25, 0.3) is 0 Å². The number of hydrogen-bond acceptors (Lipinski definition) is 8. The Morgan fingerprint density at radius 1 is 1.57 bits per heavy atom. The Balaban J connectivity index is 1.90. The summed E-state index contributed by atoms with van der Waals surface area (Å²) in [6.45, 7) is 1.08. The molecule has 3 rings (SSSR count). The van der Waals surface area contributed by atoms with Crippen molar-refractivity contribution in [1.82, 2.24) is 19.5 Å². The number of imidazole rings is 1. The highest BCUT2D eigenvalue weighted by Gasteiger charge is 2.38. The van der Waals surface area contributed by atoms with E-state index in [0.717, 1.165) is 0 Å². The van der Waals surface area contributed by atoms with E-state index in [1.165, 1.54) is 13.3 Å². The van der Waals surface area contributed by atoms with Gasteiger partial charge in [-0.25, -0.2) is 15.0 Å². The van der Waals surface area contributed by atoms with Crippen LogP contribution in [0.1, 0.15) is 19.6 Å². The van der Waals surface area contributed by atoms with Crippen molar-refractivity contribution < 1.29 is 19.4 Å². The first kappa shape index (κ1) is 13.7. The second kappa shape index (κ2) is 5.26. The molecule has 1 saturated heterocycles. The van der Waals surface area contributed by atoms with E-state index in [1.807, 2.05) is 0 Å². The van der Waals surface area contributed by atoms with Crippen LogP contribution < -0.4 is 5.73 Å². The highest BCUT2D eigenvalue weighted by molar-refractivity contribution is 5.81. The number of nitrogens with two attached hydrogens (primary N) is 1. The third kappa shape index (κ3) is 2.41. The number of anilines is 1. The minimum absolute atomic E-state index is 0.238. The lowest BCUT2D eigenvalue weighted by Gasteiger charge is -2.15. The number of esters is 1. The summed E-state index contributed by atoms with van der Waals surface area (Å²) in [7, 11) is 0.